The van der Waals surface area contributed by atoms with Crippen LogP contribution in [0.4, 0.5) is 27.8 Å². The number of terminal acetylenes is 1. The topological polar surface area (TPSA) is 63.6 Å². The number of fused-ring (bicyclic) bond motifs is 4. The van der Waals surface area contributed by atoms with Crippen LogP contribution in [0.25, 0.3) is 32.9 Å². The number of alkyl halides is 1. The van der Waals surface area contributed by atoms with Gasteiger partial charge in [0.2, 0.25) is 0 Å². The predicted octanol–water partition coefficient (Wildman–Crippen LogP) is 6.05. The number of aromatic nitrogens is 3. The number of rotatable bonds is 5. The van der Waals surface area contributed by atoms with E-state index in [1.54, 1.807) is 29.2 Å². The van der Waals surface area contributed by atoms with Gasteiger partial charge in [-0.1, -0.05) is 30.2 Å². The van der Waals surface area contributed by atoms with E-state index in [1.165, 1.54) is 12.3 Å². The van der Waals surface area contributed by atoms with Gasteiger partial charge in [-0.15, -0.1) is 6.42 Å². The minimum atomic E-state index is -1.68. The molecule has 4 atom stereocenters. The molecule has 0 unspecified atom stereocenters. The van der Waals surface area contributed by atoms with E-state index < -0.39 is 35.5 Å². The smallest absolute Gasteiger partial charge is 0.319 e. The first-order valence-electron chi connectivity index (χ1n) is 15.2. The number of benzene rings is 2. The molecule has 7 nitrogen and oxygen atoms in total. The lowest BCUT2D eigenvalue weighted by atomic mass is 9.94. The summed E-state index contributed by atoms with van der Waals surface area (Å²) in [6, 6.07) is 7.19. The quantitative estimate of drug-likeness (QED) is 0.196. The molecule has 4 aliphatic rings. The SMILES string of the molecule is C#Cc1c(F)ccc2cccc(-c3ncc4c(N5CCOC[C@@H]6[C@@H](F)[C@@H]65)nc(OC[C@@]56CCCN5CC(=C(F)F)C6)nc4c3F)c12. The summed E-state index contributed by atoms with van der Waals surface area (Å²) in [6.45, 7) is 1.72. The Hall–Kier alpha value is -4.34. The van der Waals surface area contributed by atoms with Crippen molar-refractivity contribution in [3.63, 3.8) is 0 Å². The molecular weight excluding hydrogens is 605 g/mol. The fourth-order valence-corrected chi connectivity index (χ4v) is 7.54. The molecule has 12 heteroatoms. The molecule has 1 saturated carbocycles. The minimum Gasteiger partial charge on any atom is -0.461 e. The van der Waals surface area contributed by atoms with E-state index in [-0.39, 0.29) is 77.2 Å². The van der Waals surface area contributed by atoms with Crippen LogP contribution >= 0.6 is 0 Å². The highest BCUT2D eigenvalue weighted by Crippen LogP contribution is 2.46. The van der Waals surface area contributed by atoms with Crippen LogP contribution < -0.4 is 9.64 Å². The second-order valence-electron chi connectivity index (χ2n) is 12.4. The third kappa shape index (κ3) is 4.51. The second-order valence-corrected chi connectivity index (χ2v) is 12.4. The third-order valence-corrected chi connectivity index (χ3v) is 9.89. The van der Waals surface area contributed by atoms with E-state index in [0.717, 1.165) is 6.42 Å². The van der Waals surface area contributed by atoms with Crippen molar-refractivity contribution in [1.82, 2.24) is 19.9 Å². The lowest BCUT2D eigenvalue weighted by molar-refractivity contribution is 0.108. The largest absolute Gasteiger partial charge is 0.461 e. The summed E-state index contributed by atoms with van der Waals surface area (Å²) in [5, 5.41) is 1.18. The van der Waals surface area contributed by atoms with Crippen molar-refractivity contribution in [3.8, 4) is 29.6 Å². The summed E-state index contributed by atoms with van der Waals surface area (Å²) in [4.78, 5) is 17.3. The summed E-state index contributed by atoms with van der Waals surface area (Å²) < 4.78 is 85.3. The van der Waals surface area contributed by atoms with Gasteiger partial charge in [-0.05, 0) is 37.3 Å². The van der Waals surface area contributed by atoms with E-state index in [2.05, 4.69) is 20.9 Å². The Kier molecular flexibility index (Phi) is 6.88. The van der Waals surface area contributed by atoms with E-state index in [1.807, 2.05) is 4.90 Å². The van der Waals surface area contributed by atoms with Gasteiger partial charge in [0.05, 0.1) is 35.7 Å². The molecule has 4 fully saturated rings. The minimum absolute atomic E-state index is 0.0172. The van der Waals surface area contributed by atoms with Crippen molar-refractivity contribution in [1.29, 1.82) is 0 Å². The molecule has 0 amide bonds. The Balaban J connectivity index is 1.27. The Morgan fingerprint density at radius 3 is 2.85 bits per heavy atom. The van der Waals surface area contributed by atoms with Gasteiger partial charge >= 0.3 is 6.01 Å². The average Bonchev–Trinajstić information content (AvgIpc) is 3.39. The Morgan fingerprint density at radius 1 is 1.15 bits per heavy atom. The summed E-state index contributed by atoms with van der Waals surface area (Å²) in [5.74, 6) is 0.835. The number of halogens is 5. The Morgan fingerprint density at radius 2 is 2.02 bits per heavy atom. The van der Waals surface area contributed by atoms with Gasteiger partial charge in [0.1, 0.15) is 35.6 Å². The van der Waals surface area contributed by atoms with Gasteiger partial charge in [0.15, 0.2) is 5.82 Å². The van der Waals surface area contributed by atoms with Gasteiger partial charge in [0, 0.05) is 41.7 Å². The maximum atomic E-state index is 16.7. The zero-order valence-electron chi connectivity index (χ0n) is 24.6. The molecule has 1 aliphatic carbocycles. The summed E-state index contributed by atoms with van der Waals surface area (Å²) in [6.07, 6.45) is 5.90. The van der Waals surface area contributed by atoms with E-state index >= 15 is 4.39 Å². The first kappa shape index (κ1) is 29.1. The standard InChI is InChI=1S/C34H28F5N5O2/c1-2-20-24(35)8-7-18-5-3-6-21(25(18)20)28-27(37)29-22(14-40-28)32(44-11-12-45-16-23-26(36)30(23)44)42-33(41-29)46-17-34-9-4-10-43(34)15-19(13-34)31(38)39/h1,3,5-8,14,23,26,30H,4,9-13,15-17H2/t23-,26-,30-,34+/m1/s1. The van der Waals surface area contributed by atoms with E-state index in [0.29, 0.717) is 36.9 Å². The van der Waals surface area contributed by atoms with Crippen LogP contribution in [0.2, 0.25) is 0 Å². The number of anilines is 1. The molecule has 2 aromatic heterocycles. The molecule has 8 rings (SSSR count). The highest BCUT2D eigenvalue weighted by molar-refractivity contribution is 6.02. The molecule has 0 N–H and O–H groups in total. The van der Waals surface area contributed by atoms with Crippen molar-refractivity contribution in [2.75, 3.05) is 44.4 Å². The number of nitrogens with zero attached hydrogens (tertiary/aromatic N) is 5. The van der Waals surface area contributed by atoms with Crippen molar-refractivity contribution in [3.05, 3.63) is 65.4 Å². The molecular formula is C34H28F5N5O2. The lowest BCUT2D eigenvalue weighted by Gasteiger charge is -2.31. The molecule has 0 radical (unpaired) electrons. The van der Waals surface area contributed by atoms with Crippen molar-refractivity contribution in [2.45, 2.75) is 37.0 Å². The average molecular weight is 634 g/mol. The fourth-order valence-electron chi connectivity index (χ4n) is 7.54. The van der Waals surface area contributed by atoms with E-state index in [9.17, 15) is 17.6 Å². The predicted molar refractivity (Wildman–Crippen MR) is 161 cm³/mol. The Bertz CT molecular complexity index is 1980. The molecule has 2 aromatic carbocycles. The third-order valence-electron chi connectivity index (χ3n) is 9.89. The van der Waals surface area contributed by atoms with Gasteiger partial charge in [-0.3, -0.25) is 9.88 Å². The van der Waals surface area contributed by atoms with Crippen molar-refractivity contribution in [2.24, 2.45) is 5.92 Å². The number of hydrogen-bond acceptors (Lipinski definition) is 7. The summed E-state index contributed by atoms with van der Waals surface area (Å²) in [5.41, 5.74) is -0.537. The first-order chi connectivity index (χ1) is 22.3. The monoisotopic (exact) mass is 633 g/mol. The van der Waals surface area contributed by atoms with Gasteiger partial charge in [0.25, 0.3) is 6.08 Å². The highest BCUT2D eigenvalue weighted by Gasteiger charge is 2.56. The number of pyridine rings is 1. The first-order valence-corrected chi connectivity index (χ1v) is 15.2. The van der Waals surface area contributed by atoms with Crippen LogP contribution in [-0.2, 0) is 4.74 Å². The summed E-state index contributed by atoms with van der Waals surface area (Å²) >= 11 is 0. The Labute approximate surface area is 261 Å². The normalized spacial score (nSPS) is 25.8. The molecule has 3 saturated heterocycles. The molecule has 5 heterocycles. The van der Waals surface area contributed by atoms with Gasteiger partial charge in [-0.2, -0.15) is 18.7 Å². The molecule has 0 spiro atoms. The van der Waals surface area contributed by atoms with Crippen LogP contribution in [0.3, 0.4) is 0 Å². The second kappa shape index (κ2) is 10.9. The molecule has 236 valence electrons. The summed E-state index contributed by atoms with van der Waals surface area (Å²) in [7, 11) is 0. The molecule has 46 heavy (non-hydrogen) atoms. The molecule has 4 aromatic rings. The van der Waals surface area contributed by atoms with Gasteiger partial charge in [-0.25, -0.2) is 13.2 Å². The maximum absolute atomic E-state index is 16.7. The van der Waals surface area contributed by atoms with Crippen LogP contribution in [-0.4, -0.2) is 77.1 Å². The van der Waals surface area contributed by atoms with Gasteiger partial charge < -0.3 is 14.4 Å². The van der Waals surface area contributed by atoms with Crippen molar-refractivity contribution >= 4 is 27.5 Å². The zero-order chi connectivity index (χ0) is 31.7. The number of hydrogen-bond donors (Lipinski definition) is 0. The maximum Gasteiger partial charge on any atom is 0.319 e. The lowest BCUT2D eigenvalue weighted by Crippen LogP contribution is -2.43. The van der Waals surface area contributed by atoms with Crippen LogP contribution in [0.15, 0.2) is 48.2 Å². The van der Waals surface area contributed by atoms with Crippen LogP contribution in [0.1, 0.15) is 24.8 Å². The van der Waals surface area contributed by atoms with Crippen LogP contribution in [0, 0.1) is 29.9 Å². The highest BCUT2D eigenvalue weighted by atomic mass is 19.3. The molecule has 3 aliphatic heterocycles. The molecule has 0 bridgehead atoms. The zero-order valence-corrected chi connectivity index (χ0v) is 24.6. The van der Waals surface area contributed by atoms with Crippen molar-refractivity contribution < 1.29 is 31.4 Å². The number of ether oxygens (including phenoxy) is 2. The van der Waals surface area contributed by atoms with E-state index in [4.69, 9.17) is 15.9 Å². The fraction of sp³-hybridized carbons (Fsp3) is 0.382. The van der Waals surface area contributed by atoms with Crippen LogP contribution in [0.5, 0.6) is 6.01 Å².